The molecule has 55 heavy (non-hydrogen) atoms. The van der Waals surface area contributed by atoms with Gasteiger partial charge in [-0.15, -0.1) is 0 Å². The zero-order chi connectivity index (χ0) is 39.9. The molecule has 0 atom stereocenters. The number of carbonyl (C=O) groups is 3. The number of rotatable bonds is 11. The number of hydrogen-bond donors (Lipinski definition) is 3. The van der Waals surface area contributed by atoms with Gasteiger partial charge in [0.15, 0.2) is 0 Å². The first-order valence-electron chi connectivity index (χ1n) is 16.3. The van der Waals surface area contributed by atoms with Gasteiger partial charge in [0.1, 0.15) is 22.9 Å². The van der Waals surface area contributed by atoms with E-state index in [0.29, 0.717) is 28.5 Å². The molecule has 2 amide bonds. The molecule has 4 aromatic carbocycles. The summed E-state index contributed by atoms with van der Waals surface area (Å²) in [5, 5.41) is 25.7. The van der Waals surface area contributed by atoms with E-state index in [0.717, 1.165) is 34.9 Å². The van der Waals surface area contributed by atoms with E-state index in [1.54, 1.807) is 38.1 Å². The number of carboxylic acid groups (broad SMARTS) is 2. The Labute approximate surface area is 315 Å². The third kappa shape index (κ3) is 9.14. The summed E-state index contributed by atoms with van der Waals surface area (Å²) in [7, 11) is -7.21. The molecular weight excluding hydrogens is 753 g/mol. The second-order valence-corrected chi connectivity index (χ2v) is 15.5. The van der Waals surface area contributed by atoms with Gasteiger partial charge in [0.2, 0.25) is 5.91 Å². The highest BCUT2D eigenvalue weighted by atomic mass is 32.2. The van der Waals surface area contributed by atoms with E-state index in [2.05, 4.69) is 10.3 Å². The lowest BCUT2D eigenvalue weighted by atomic mass is 10.00. The fourth-order valence-electron chi connectivity index (χ4n) is 5.35. The Morgan fingerprint density at radius 2 is 1.04 bits per heavy atom. The number of nitrogens with zero attached hydrogens (tertiary/aromatic N) is 3. The monoisotopic (exact) mass is 786 g/mol. The number of carboxylic acids is 1. The van der Waals surface area contributed by atoms with Crippen LogP contribution in [0.1, 0.15) is 24.4 Å². The molecule has 0 saturated heterocycles. The summed E-state index contributed by atoms with van der Waals surface area (Å²) in [6, 6.07) is 30.8. The van der Waals surface area contributed by atoms with Crippen molar-refractivity contribution in [2.75, 3.05) is 7.05 Å². The topological polar surface area (TPSA) is 227 Å². The van der Waals surface area contributed by atoms with Crippen LogP contribution in [0.5, 0.6) is 0 Å². The van der Waals surface area contributed by atoms with Crippen LogP contribution in [-0.2, 0) is 29.6 Å². The minimum Gasteiger partial charge on any atom is -0.481 e. The Morgan fingerprint density at radius 3 is 1.44 bits per heavy atom. The van der Waals surface area contributed by atoms with Crippen molar-refractivity contribution in [1.29, 1.82) is 0 Å². The van der Waals surface area contributed by atoms with Gasteiger partial charge in [-0.2, -0.15) is 0 Å². The van der Waals surface area contributed by atoms with Crippen LogP contribution < -0.4 is 4.72 Å². The van der Waals surface area contributed by atoms with Crippen LogP contribution in [-0.4, -0.2) is 66.7 Å². The van der Waals surface area contributed by atoms with Crippen LogP contribution in [0.3, 0.4) is 0 Å². The summed E-state index contributed by atoms with van der Waals surface area (Å²) in [5.74, 6) is -0.874. The fraction of sp³-hybridized carbons (Fsp3) is 0.132. The van der Waals surface area contributed by atoms with Gasteiger partial charge in [-0.25, -0.2) is 30.7 Å². The number of nitrogens with one attached hydrogen (secondary N) is 1. The molecule has 0 saturated carbocycles. The van der Waals surface area contributed by atoms with Crippen LogP contribution in [0.25, 0.3) is 44.8 Å². The number of aryl methyl sites for hydroxylation is 2. The molecule has 17 heteroatoms. The molecule has 2 heterocycles. The smallest absolute Gasteiger partial charge is 0.421 e. The average molecular weight is 787 g/mol. The Bertz CT molecular complexity index is 2530. The van der Waals surface area contributed by atoms with Gasteiger partial charge in [-0.1, -0.05) is 95.2 Å². The molecule has 0 spiro atoms. The van der Waals surface area contributed by atoms with E-state index in [1.165, 1.54) is 24.3 Å². The second-order valence-electron chi connectivity index (χ2n) is 11.9. The lowest BCUT2D eigenvalue weighted by Gasteiger charge is -2.14. The molecular formula is C38H34N4O11S2. The Kier molecular flexibility index (Phi) is 12.0. The summed E-state index contributed by atoms with van der Waals surface area (Å²) in [4.78, 5) is 32.9. The molecule has 3 N–H and O–H groups in total. The van der Waals surface area contributed by atoms with Crippen LogP contribution in [0.15, 0.2) is 128 Å². The summed E-state index contributed by atoms with van der Waals surface area (Å²) in [6.45, 7) is 3.54. The molecule has 0 aliphatic heterocycles. The van der Waals surface area contributed by atoms with Gasteiger partial charge in [-0.05, 0) is 49.2 Å². The summed E-state index contributed by atoms with van der Waals surface area (Å²) in [5.41, 5.74) is 5.96. The lowest BCUT2D eigenvalue weighted by Crippen LogP contribution is -2.31. The number of aromatic nitrogens is 2. The maximum absolute atomic E-state index is 12.3. The van der Waals surface area contributed by atoms with Gasteiger partial charge in [0.05, 0.1) is 27.3 Å². The fourth-order valence-corrected chi connectivity index (χ4v) is 7.36. The molecule has 0 radical (unpaired) electrons. The SMILES string of the molecule is Cc1onc(-c2ccccc2)c1-c1ccc(S(=O)(=O)N(C)C(=O)O)cc1.Cc1onc(-c2ccccc2)c1-c1ccc(S(=O)(=O)NC(=O)CCC(=O)O)cc1. The number of hydrogen-bond acceptors (Lipinski definition) is 11. The van der Waals surface area contributed by atoms with E-state index in [-0.39, 0.29) is 14.1 Å². The highest BCUT2D eigenvalue weighted by Gasteiger charge is 2.26. The molecule has 0 aliphatic carbocycles. The van der Waals surface area contributed by atoms with Crippen molar-refractivity contribution in [2.45, 2.75) is 36.5 Å². The minimum absolute atomic E-state index is 0.110. The van der Waals surface area contributed by atoms with Gasteiger partial charge in [-0.3, -0.25) is 9.59 Å². The number of sulfonamides is 2. The quantitative estimate of drug-likeness (QED) is 0.126. The van der Waals surface area contributed by atoms with E-state index in [9.17, 15) is 31.2 Å². The van der Waals surface area contributed by atoms with Crippen molar-refractivity contribution >= 4 is 38.0 Å². The van der Waals surface area contributed by atoms with Crippen molar-refractivity contribution in [1.82, 2.24) is 19.3 Å². The predicted octanol–water partition coefficient (Wildman–Crippen LogP) is 6.60. The summed E-state index contributed by atoms with van der Waals surface area (Å²) >= 11 is 0. The number of carbonyl (C=O) groups excluding carboxylic acids is 1. The molecule has 6 aromatic rings. The number of benzene rings is 4. The predicted molar refractivity (Wildman–Crippen MR) is 199 cm³/mol. The molecule has 0 bridgehead atoms. The van der Waals surface area contributed by atoms with Gasteiger partial charge >= 0.3 is 12.1 Å². The van der Waals surface area contributed by atoms with Crippen molar-refractivity contribution < 1.29 is 50.5 Å². The first kappa shape index (κ1) is 39.6. The largest absolute Gasteiger partial charge is 0.481 e. The Hall–Kier alpha value is -6.59. The lowest BCUT2D eigenvalue weighted by molar-refractivity contribution is -0.138. The molecule has 0 aliphatic rings. The number of aliphatic carboxylic acids is 1. The minimum atomic E-state index is -4.10. The van der Waals surface area contributed by atoms with E-state index < -0.39 is 50.9 Å². The van der Waals surface area contributed by atoms with E-state index in [4.69, 9.17) is 19.3 Å². The Balaban J connectivity index is 0.000000212. The first-order chi connectivity index (χ1) is 26.1. The maximum Gasteiger partial charge on any atom is 0.421 e. The third-order valence-corrected chi connectivity index (χ3v) is 11.3. The zero-order valence-corrected chi connectivity index (χ0v) is 31.2. The van der Waals surface area contributed by atoms with Gasteiger partial charge in [0, 0.05) is 24.6 Å². The average Bonchev–Trinajstić information content (AvgIpc) is 3.76. The van der Waals surface area contributed by atoms with Crippen LogP contribution in [0, 0.1) is 13.8 Å². The number of amides is 2. The summed E-state index contributed by atoms with van der Waals surface area (Å²) in [6.07, 6.45) is -2.42. The first-order valence-corrected chi connectivity index (χ1v) is 19.3. The molecule has 2 aromatic heterocycles. The highest BCUT2D eigenvalue weighted by Crippen LogP contribution is 2.36. The normalized spacial score (nSPS) is 11.3. The van der Waals surface area contributed by atoms with Crippen molar-refractivity contribution in [3.05, 3.63) is 121 Å². The van der Waals surface area contributed by atoms with Crippen LogP contribution in [0.4, 0.5) is 4.79 Å². The molecule has 15 nitrogen and oxygen atoms in total. The molecule has 6 rings (SSSR count). The maximum atomic E-state index is 12.3. The van der Waals surface area contributed by atoms with E-state index >= 15 is 0 Å². The molecule has 0 unspecified atom stereocenters. The van der Waals surface area contributed by atoms with Gasteiger partial charge in [0.25, 0.3) is 20.0 Å². The Morgan fingerprint density at radius 1 is 0.618 bits per heavy atom. The van der Waals surface area contributed by atoms with E-state index in [1.807, 2.05) is 65.4 Å². The van der Waals surface area contributed by atoms with Crippen LogP contribution in [0.2, 0.25) is 0 Å². The summed E-state index contributed by atoms with van der Waals surface area (Å²) < 4.78 is 61.9. The zero-order valence-electron chi connectivity index (χ0n) is 29.5. The third-order valence-electron chi connectivity index (χ3n) is 8.16. The molecule has 284 valence electrons. The highest BCUT2D eigenvalue weighted by molar-refractivity contribution is 7.90. The van der Waals surface area contributed by atoms with Crippen LogP contribution >= 0.6 is 0 Å². The van der Waals surface area contributed by atoms with Crippen molar-refractivity contribution in [3.63, 3.8) is 0 Å². The van der Waals surface area contributed by atoms with Crippen molar-refractivity contribution in [2.24, 2.45) is 0 Å². The van der Waals surface area contributed by atoms with Gasteiger partial charge < -0.3 is 19.3 Å². The van der Waals surface area contributed by atoms with Crippen molar-refractivity contribution in [3.8, 4) is 44.8 Å². The second kappa shape index (κ2) is 16.6. The standard InChI is InChI=1S/C20H18N2O6S.C18H16N2O5S/c1-13-19(20(21-28-13)15-5-3-2-4-6-15)14-7-9-16(10-8-14)29(26,27)22-17(23)11-12-18(24)25;1-12-16(17(19-25-12)14-6-4-3-5-7-14)13-8-10-15(11-9-13)26(23,24)20(2)18(21)22/h2-10H,11-12H2,1H3,(H,22,23)(H,24,25);3-11H,1-2H3,(H,21,22). The molecule has 0 fully saturated rings.